The number of aromatic nitrogens is 4. The van der Waals surface area contributed by atoms with E-state index in [4.69, 9.17) is 15.0 Å². The van der Waals surface area contributed by atoms with Gasteiger partial charge in [0.15, 0.2) is 0 Å². The fourth-order valence-electron chi connectivity index (χ4n) is 16.8. The first kappa shape index (κ1) is 51.7. The van der Waals surface area contributed by atoms with E-state index in [2.05, 4.69) is 332 Å². The van der Waals surface area contributed by atoms with Gasteiger partial charge in [-0.15, -0.1) is 0 Å². The monoisotopic (exact) mass is 1180 g/mol. The van der Waals surface area contributed by atoms with Gasteiger partial charge in [0.1, 0.15) is 5.82 Å². The van der Waals surface area contributed by atoms with Crippen molar-refractivity contribution in [2.24, 2.45) is 0 Å². The lowest BCUT2D eigenvalue weighted by Gasteiger charge is -2.31. The largest absolute Gasteiger partial charge is 0.292 e. The fraction of sp³-hybridized carbons (Fsp3) is 0.0225. The summed E-state index contributed by atoms with van der Waals surface area (Å²) >= 11 is 0. The molecule has 14 aromatic carbocycles. The topological polar surface area (TPSA) is 43.6 Å². The SMILES string of the molecule is c1ccc(-c2nc3cc(-c4ccc5c(c4)C4(c6ccccc6-c6ccccc64)c4ccccc4-5)c(-c4ccc5c(c4)C4(c6ccccc6-c6ccccc64)c4ccccc4-5)cc3nc2-c2ccc(-c3ccc(-c4nc5ccccc5n4-c4ccccc4)cc3)cc2)cc1. The zero-order valence-electron chi connectivity index (χ0n) is 50.5. The normalized spacial score (nSPS) is 13.5. The molecule has 0 N–H and O–H groups in total. The predicted octanol–water partition coefficient (Wildman–Crippen LogP) is 21.7. The summed E-state index contributed by atoms with van der Waals surface area (Å²) in [7, 11) is 0. The molecule has 16 aromatic rings. The Morgan fingerprint density at radius 3 is 0.957 bits per heavy atom. The van der Waals surface area contributed by atoms with Crippen molar-refractivity contribution in [3.05, 3.63) is 372 Å². The van der Waals surface area contributed by atoms with Crippen molar-refractivity contribution in [1.82, 2.24) is 19.5 Å². The smallest absolute Gasteiger partial charge is 0.145 e. The van der Waals surface area contributed by atoms with E-state index < -0.39 is 10.8 Å². The standard InChI is InChI=1S/C89H54N4/c1-3-21-57(22-4-1)85-86(58-43-39-55(40-44-58)56-41-45-59(46-42-56)87-92-81-37-19-20-38-84(81)93(87)62-23-5-2-6-24-62)91-83-54-72(61-48-50-70-68-30-12-18-36-78(68)89(80(70)52-61)75-33-15-9-27-65(75)66-28-10-16-34-76(66)89)71(53-82(83)90-85)60-47-49-69-67-29-11-17-35-77(67)88(79(69)51-60)73-31-13-7-25-63(73)64-26-8-14-32-74(64)88/h1-54H. The molecule has 4 heteroatoms. The molecule has 0 saturated heterocycles. The van der Waals surface area contributed by atoms with E-state index in [1.54, 1.807) is 0 Å². The van der Waals surface area contributed by atoms with Gasteiger partial charge in [-0.3, -0.25) is 4.57 Å². The van der Waals surface area contributed by atoms with Crippen molar-refractivity contribution >= 4 is 22.1 Å². The number of fused-ring (bicyclic) bond motifs is 22. The van der Waals surface area contributed by atoms with Crippen LogP contribution in [-0.2, 0) is 10.8 Å². The molecule has 2 spiro atoms. The maximum absolute atomic E-state index is 5.80. The molecule has 2 aromatic heterocycles. The van der Waals surface area contributed by atoms with Crippen LogP contribution in [0.5, 0.6) is 0 Å². The van der Waals surface area contributed by atoms with Crippen LogP contribution in [-0.4, -0.2) is 19.5 Å². The molecule has 20 rings (SSSR count). The van der Waals surface area contributed by atoms with Gasteiger partial charge in [-0.05, 0) is 171 Å². The molecule has 0 bridgehead atoms. The summed E-state index contributed by atoms with van der Waals surface area (Å²) in [5.74, 6) is 0.909. The lowest BCUT2D eigenvalue weighted by molar-refractivity contribution is 0.794. The van der Waals surface area contributed by atoms with E-state index in [1.807, 2.05) is 0 Å². The van der Waals surface area contributed by atoms with Gasteiger partial charge in [-0.25, -0.2) is 15.0 Å². The summed E-state index contributed by atoms with van der Waals surface area (Å²) in [5, 5.41) is 0. The van der Waals surface area contributed by atoms with Gasteiger partial charge in [0.2, 0.25) is 0 Å². The van der Waals surface area contributed by atoms with Crippen molar-refractivity contribution in [3.8, 4) is 117 Å². The first-order valence-electron chi connectivity index (χ1n) is 32.1. The van der Waals surface area contributed by atoms with Gasteiger partial charge in [0.25, 0.3) is 0 Å². The Labute approximate surface area is 538 Å². The number of benzene rings is 14. The second-order valence-corrected chi connectivity index (χ2v) is 25.2. The minimum atomic E-state index is -0.520. The van der Waals surface area contributed by atoms with Gasteiger partial charge < -0.3 is 0 Å². The van der Waals surface area contributed by atoms with Gasteiger partial charge in [0.05, 0.1) is 44.3 Å². The van der Waals surface area contributed by atoms with Gasteiger partial charge >= 0.3 is 0 Å². The number of nitrogens with zero attached hydrogens (tertiary/aromatic N) is 4. The summed E-state index contributed by atoms with van der Waals surface area (Å²) in [4.78, 5) is 16.7. The van der Waals surface area contributed by atoms with Crippen LogP contribution in [0, 0.1) is 0 Å². The van der Waals surface area contributed by atoms with Crippen LogP contribution >= 0.6 is 0 Å². The lowest BCUT2D eigenvalue weighted by Crippen LogP contribution is -2.25. The van der Waals surface area contributed by atoms with Crippen molar-refractivity contribution in [2.45, 2.75) is 10.8 Å². The molecule has 0 fully saturated rings. The molecule has 0 amide bonds. The van der Waals surface area contributed by atoms with Crippen molar-refractivity contribution < 1.29 is 0 Å². The lowest BCUT2D eigenvalue weighted by atomic mass is 9.70. The maximum Gasteiger partial charge on any atom is 0.145 e. The molecule has 0 aliphatic heterocycles. The highest BCUT2D eigenvalue weighted by Gasteiger charge is 2.53. The molecule has 93 heavy (non-hydrogen) atoms. The molecule has 4 aliphatic rings. The zero-order chi connectivity index (χ0) is 60.9. The molecule has 4 aliphatic carbocycles. The first-order valence-corrected chi connectivity index (χ1v) is 32.1. The number of para-hydroxylation sites is 3. The van der Waals surface area contributed by atoms with E-state index in [0.29, 0.717) is 0 Å². The Hall–Kier alpha value is -12.1. The summed E-state index contributed by atoms with van der Waals surface area (Å²) < 4.78 is 2.25. The Bertz CT molecular complexity index is 5670. The highest BCUT2D eigenvalue weighted by Crippen LogP contribution is 2.65. The number of rotatable bonds is 7. The Morgan fingerprint density at radius 2 is 0.527 bits per heavy atom. The highest BCUT2D eigenvalue weighted by atomic mass is 15.1. The third-order valence-corrected chi connectivity index (χ3v) is 20.7. The van der Waals surface area contributed by atoms with E-state index in [1.165, 1.54) is 89.0 Å². The van der Waals surface area contributed by atoms with E-state index >= 15 is 0 Å². The molecule has 0 saturated carbocycles. The number of hydrogen-bond acceptors (Lipinski definition) is 3. The third-order valence-electron chi connectivity index (χ3n) is 20.7. The molecule has 0 atom stereocenters. The molecule has 0 radical (unpaired) electrons. The average Bonchev–Trinajstić information content (AvgIpc) is 1.52. The van der Waals surface area contributed by atoms with Crippen molar-refractivity contribution in [3.63, 3.8) is 0 Å². The van der Waals surface area contributed by atoms with Crippen LogP contribution < -0.4 is 0 Å². The molecular formula is C89H54N4. The summed E-state index contributed by atoms with van der Waals surface area (Å²) in [5.41, 5.74) is 35.8. The molecule has 4 nitrogen and oxygen atoms in total. The van der Waals surface area contributed by atoms with Crippen LogP contribution in [0.15, 0.2) is 328 Å². The molecule has 0 unspecified atom stereocenters. The van der Waals surface area contributed by atoms with Crippen LogP contribution in [0.25, 0.3) is 140 Å². The fourth-order valence-corrected chi connectivity index (χ4v) is 16.8. The second-order valence-electron chi connectivity index (χ2n) is 25.2. The highest BCUT2D eigenvalue weighted by molar-refractivity contribution is 6.02. The van der Waals surface area contributed by atoms with E-state index in [0.717, 1.165) is 95.0 Å². The Balaban J connectivity index is 0.782. The number of hydrogen-bond donors (Lipinski definition) is 0. The minimum absolute atomic E-state index is 0.516. The van der Waals surface area contributed by atoms with Crippen LogP contribution in [0.4, 0.5) is 0 Å². The van der Waals surface area contributed by atoms with Crippen molar-refractivity contribution in [1.29, 1.82) is 0 Å². The minimum Gasteiger partial charge on any atom is -0.292 e. The second kappa shape index (κ2) is 19.7. The Morgan fingerprint density at radius 1 is 0.204 bits per heavy atom. The molecule has 430 valence electrons. The van der Waals surface area contributed by atoms with Crippen molar-refractivity contribution in [2.75, 3.05) is 0 Å². The third kappa shape index (κ3) is 7.23. The van der Waals surface area contributed by atoms with Gasteiger partial charge in [-0.2, -0.15) is 0 Å². The summed E-state index contributed by atoms with van der Waals surface area (Å²) in [6, 6.07) is 121. The van der Waals surface area contributed by atoms with Crippen LogP contribution in [0.2, 0.25) is 0 Å². The average molecular weight is 1180 g/mol. The van der Waals surface area contributed by atoms with E-state index in [-0.39, 0.29) is 0 Å². The van der Waals surface area contributed by atoms with Gasteiger partial charge in [-0.1, -0.05) is 279 Å². The number of imidazole rings is 1. The predicted molar refractivity (Wildman–Crippen MR) is 379 cm³/mol. The first-order chi connectivity index (χ1) is 46.1. The molecule has 2 heterocycles. The maximum atomic E-state index is 5.80. The van der Waals surface area contributed by atoms with Gasteiger partial charge in [0, 0.05) is 22.4 Å². The van der Waals surface area contributed by atoms with Crippen LogP contribution in [0.1, 0.15) is 44.5 Å². The summed E-state index contributed by atoms with van der Waals surface area (Å²) in [6.07, 6.45) is 0. The quantitative estimate of drug-likeness (QED) is 0.160. The molecular weight excluding hydrogens is 1130 g/mol. The van der Waals surface area contributed by atoms with E-state index in [9.17, 15) is 0 Å². The Kier molecular flexibility index (Phi) is 11.0. The van der Waals surface area contributed by atoms with Crippen LogP contribution in [0.3, 0.4) is 0 Å². The zero-order valence-corrected chi connectivity index (χ0v) is 50.5. The summed E-state index contributed by atoms with van der Waals surface area (Å²) in [6.45, 7) is 0.